The standard InChI is InChI=1S/C22H14F6N2O3/c23-14-6-4-12(5-7-14)19(31)29-15-8-9-18(17(11-15)22(26,27)28)30-20(32)13-2-1-3-16(10-13)33-21(24)25/h1-11,21H,(H,29,31)(H,30,32). The SMILES string of the molecule is O=C(Nc1ccc(NC(=O)c2cccc(OC(F)F)c2)c(C(F)(F)F)c1)c1ccc(F)cc1. The van der Waals surface area contributed by atoms with E-state index in [1.54, 1.807) is 0 Å². The summed E-state index contributed by atoms with van der Waals surface area (Å²) in [6.45, 7) is -3.14. The van der Waals surface area contributed by atoms with Crippen LogP contribution in [0.2, 0.25) is 0 Å². The van der Waals surface area contributed by atoms with Crippen molar-refractivity contribution in [2.75, 3.05) is 10.6 Å². The molecule has 0 unspecified atom stereocenters. The quantitative estimate of drug-likeness (QED) is 0.440. The van der Waals surface area contributed by atoms with Crippen molar-refractivity contribution in [1.82, 2.24) is 0 Å². The summed E-state index contributed by atoms with van der Waals surface area (Å²) in [5.41, 5.74) is -2.29. The molecule has 0 fully saturated rings. The van der Waals surface area contributed by atoms with Gasteiger partial charge in [0, 0.05) is 16.8 Å². The van der Waals surface area contributed by atoms with Crippen molar-refractivity contribution < 1.29 is 40.7 Å². The Hall–Kier alpha value is -4.02. The van der Waals surface area contributed by atoms with E-state index in [9.17, 15) is 35.9 Å². The van der Waals surface area contributed by atoms with Crippen molar-refractivity contribution in [1.29, 1.82) is 0 Å². The molecule has 0 aliphatic carbocycles. The van der Waals surface area contributed by atoms with Crippen molar-refractivity contribution >= 4 is 23.2 Å². The van der Waals surface area contributed by atoms with Gasteiger partial charge in [-0.3, -0.25) is 9.59 Å². The third kappa shape index (κ3) is 6.25. The normalized spacial score (nSPS) is 11.2. The topological polar surface area (TPSA) is 67.4 Å². The fraction of sp³-hybridized carbons (Fsp3) is 0.0909. The zero-order valence-electron chi connectivity index (χ0n) is 16.4. The fourth-order valence-corrected chi connectivity index (χ4v) is 2.78. The van der Waals surface area contributed by atoms with E-state index >= 15 is 0 Å². The second-order valence-electron chi connectivity index (χ2n) is 6.58. The number of alkyl halides is 5. The van der Waals surface area contributed by atoms with E-state index in [1.165, 1.54) is 12.1 Å². The van der Waals surface area contributed by atoms with Crippen molar-refractivity contribution in [2.24, 2.45) is 0 Å². The summed E-state index contributed by atoms with van der Waals surface area (Å²) in [5, 5.41) is 4.34. The van der Waals surface area contributed by atoms with E-state index < -0.39 is 41.7 Å². The van der Waals surface area contributed by atoms with Crippen LogP contribution in [-0.2, 0) is 6.18 Å². The number of hydrogen-bond donors (Lipinski definition) is 2. The number of anilines is 2. The van der Waals surface area contributed by atoms with Crippen LogP contribution in [-0.4, -0.2) is 18.4 Å². The fourth-order valence-electron chi connectivity index (χ4n) is 2.78. The molecule has 5 nitrogen and oxygen atoms in total. The lowest BCUT2D eigenvalue weighted by Gasteiger charge is -2.16. The second-order valence-corrected chi connectivity index (χ2v) is 6.58. The molecule has 0 atom stereocenters. The zero-order chi connectivity index (χ0) is 24.2. The van der Waals surface area contributed by atoms with Gasteiger partial charge in [0.1, 0.15) is 11.6 Å². The minimum absolute atomic E-state index is 0.0215. The van der Waals surface area contributed by atoms with Crippen molar-refractivity contribution in [2.45, 2.75) is 12.8 Å². The molecule has 0 aromatic heterocycles. The number of amides is 2. The lowest BCUT2D eigenvalue weighted by atomic mass is 10.1. The van der Waals surface area contributed by atoms with Gasteiger partial charge in [-0.25, -0.2) is 4.39 Å². The Morgan fingerprint density at radius 2 is 1.48 bits per heavy atom. The number of rotatable bonds is 6. The molecule has 0 aliphatic heterocycles. The first-order valence-electron chi connectivity index (χ1n) is 9.17. The number of hydrogen-bond acceptors (Lipinski definition) is 3. The van der Waals surface area contributed by atoms with Gasteiger partial charge in [-0.05, 0) is 60.7 Å². The number of benzene rings is 3. The van der Waals surface area contributed by atoms with Crippen LogP contribution in [0.3, 0.4) is 0 Å². The Labute approximate surface area is 183 Å². The number of carbonyl (C=O) groups is 2. The highest BCUT2D eigenvalue weighted by atomic mass is 19.4. The number of nitrogens with one attached hydrogen (secondary N) is 2. The second kappa shape index (κ2) is 9.63. The Bertz CT molecular complexity index is 1160. The van der Waals surface area contributed by atoms with Gasteiger partial charge >= 0.3 is 12.8 Å². The van der Waals surface area contributed by atoms with E-state index in [0.717, 1.165) is 48.5 Å². The maximum atomic E-state index is 13.6. The van der Waals surface area contributed by atoms with E-state index in [0.29, 0.717) is 6.07 Å². The summed E-state index contributed by atoms with van der Waals surface area (Å²) in [7, 11) is 0. The van der Waals surface area contributed by atoms with Gasteiger partial charge in [-0.15, -0.1) is 0 Å². The molecule has 33 heavy (non-hydrogen) atoms. The van der Waals surface area contributed by atoms with Gasteiger partial charge in [-0.2, -0.15) is 22.0 Å². The van der Waals surface area contributed by atoms with Gasteiger partial charge in [0.15, 0.2) is 0 Å². The number of ether oxygens (including phenoxy) is 1. The molecular formula is C22H14F6N2O3. The average Bonchev–Trinajstić information content (AvgIpc) is 2.74. The molecule has 0 radical (unpaired) electrons. The Morgan fingerprint density at radius 3 is 2.12 bits per heavy atom. The van der Waals surface area contributed by atoms with Crippen LogP contribution in [0.4, 0.5) is 37.7 Å². The summed E-state index contributed by atoms with van der Waals surface area (Å²) in [6, 6.07) is 11.6. The Kier molecular flexibility index (Phi) is 6.90. The summed E-state index contributed by atoms with van der Waals surface area (Å²) < 4.78 is 82.6. The molecule has 11 heteroatoms. The van der Waals surface area contributed by atoms with Gasteiger partial charge in [0.25, 0.3) is 11.8 Å². The molecule has 2 amide bonds. The van der Waals surface area contributed by atoms with E-state index in [1.807, 2.05) is 0 Å². The van der Waals surface area contributed by atoms with Crippen molar-refractivity contribution in [3.63, 3.8) is 0 Å². The van der Waals surface area contributed by atoms with Crippen LogP contribution in [0.25, 0.3) is 0 Å². The average molecular weight is 468 g/mol. The highest BCUT2D eigenvalue weighted by molar-refractivity contribution is 6.06. The van der Waals surface area contributed by atoms with Crippen LogP contribution < -0.4 is 15.4 Å². The minimum Gasteiger partial charge on any atom is -0.435 e. The molecule has 0 bridgehead atoms. The Balaban J connectivity index is 1.83. The van der Waals surface area contributed by atoms with E-state index in [4.69, 9.17) is 0 Å². The van der Waals surface area contributed by atoms with Crippen LogP contribution in [0.15, 0.2) is 66.7 Å². The smallest absolute Gasteiger partial charge is 0.418 e. The van der Waals surface area contributed by atoms with Crippen molar-refractivity contribution in [3.05, 3.63) is 89.2 Å². The molecule has 0 saturated heterocycles. The van der Waals surface area contributed by atoms with Crippen LogP contribution in [0.5, 0.6) is 5.75 Å². The zero-order valence-corrected chi connectivity index (χ0v) is 16.4. The molecule has 0 saturated carbocycles. The van der Waals surface area contributed by atoms with Crippen LogP contribution in [0, 0.1) is 5.82 Å². The van der Waals surface area contributed by atoms with E-state index in [2.05, 4.69) is 15.4 Å². The lowest BCUT2D eigenvalue weighted by Crippen LogP contribution is -2.18. The van der Waals surface area contributed by atoms with Gasteiger partial charge < -0.3 is 15.4 Å². The molecular weight excluding hydrogens is 454 g/mol. The molecule has 3 aromatic rings. The summed E-state index contributed by atoms with van der Waals surface area (Å²) in [5.74, 6) is -2.69. The maximum Gasteiger partial charge on any atom is 0.418 e. The predicted octanol–water partition coefficient (Wildman–Crippen LogP) is 5.95. The summed E-state index contributed by atoms with van der Waals surface area (Å²) in [4.78, 5) is 24.6. The van der Waals surface area contributed by atoms with Crippen molar-refractivity contribution in [3.8, 4) is 5.75 Å². The van der Waals surface area contributed by atoms with Gasteiger partial charge in [0.2, 0.25) is 0 Å². The first-order valence-corrected chi connectivity index (χ1v) is 9.17. The highest BCUT2D eigenvalue weighted by Gasteiger charge is 2.34. The van der Waals surface area contributed by atoms with Gasteiger partial charge in [0.05, 0.1) is 11.3 Å². The third-order valence-electron chi connectivity index (χ3n) is 4.26. The monoisotopic (exact) mass is 468 g/mol. The molecule has 2 N–H and O–H groups in total. The number of carbonyl (C=O) groups excluding carboxylic acids is 2. The largest absolute Gasteiger partial charge is 0.435 e. The molecule has 3 aromatic carbocycles. The number of halogens is 6. The molecule has 172 valence electrons. The molecule has 0 aliphatic rings. The van der Waals surface area contributed by atoms with Gasteiger partial charge in [-0.1, -0.05) is 6.07 Å². The molecule has 3 rings (SSSR count). The highest BCUT2D eigenvalue weighted by Crippen LogP contribution is 2.37. The first kappa shape index (κ1) is 23.6. The predicted molar refractivity (Wildman–Crippen MR) is 107 cm³/mol. The van der Waals surface area contributed by atoms with Crippen LogP contribution >= 0.6 is 0 Å². The maximum absolute atomic E-state index is 13.6. The van der Waals surface area contributed by atoms with Crippen LogP contribution in [0.1, 0.15) is 26.3 Å². The third-order valence-corrected chi connectivity index (χ3v) is 4.26. The lowest BCUT2D eigenvalue weighted by molar-refractivity contribution is -0.136. The summed E-state index contributed by atoms with van der Waals surface area (Å²) in [6.07, 6.45) is -4.90. The molecule has 0 spiro atoms. The first-order chi connectivity index (χ1) is 15.5. The Morgan fingerprint density at radius 1 is 0.818 bits per heavy atom. The minimum atomic E-state index is -4.90. The molecule has 0 heterocycles. The van der Waals surface area contributed by atoms with E-state index in [-0.39, 0.29) is 22.6 Å². The summed E-state index contributed by atoms with van der Waals surface area (Å²) >= 11 is 0.